The molecular weight excluding hydrogens is 296 g/mol. The number of hydrogen-bond donors (Lipinski definition) is 1. The Labute approximate surface area is 106 Å². The van der Waals surface area contributed by atoms with Gasteiger partial charge in [0.05, 0.1) is 12.6 Å². The molecule has 1 aromatic rings. The third-order valence-electron chi connectivity index (χ3n) is 2.15. The van der Waals surface area contributed by atoms with Crippen LogP contribution in [0.15, 0.2) is 22.7 Å². The lowest BCUT2D eigenvalue weighted by Gasteiger charge is -2.17. The Morgan fingerprint density at radius 3 is 2.76 bits per heavy atom. The maximum atomic E-state index is 13.6. The lowest BCUT2D eigenvalue weighted by Crippen LogP contribution is -2.31. The van der Waals surface area contributed by atoms with E-state index in [1.54, 1.807) is 6.92 Å². The monoisotopic (exact) mass is 307 g/mol. The number of carbonyl (C=O) groups excluding carboxylic acids is 1. The molecule has 1 unspecified atom stereocenters. The average Bonchev–Trinajstić information content (AvgIpc) is 2.27. The van der Waals surface area contributed by atoms with Crippen LogP contribution in [0.5, 0.6) is 0 Å². The minimum Gasteiger partial charge on any atom is -0.464 e. The van der Waals surface area contributed by atoms with E-state index < -0.39 is 24.0 Å². The topological polar surface area (TPSA) is 52.3 Å². The van der Waals surface area contributed by atoms with Crippen LogP contribution in [0.2, 0.25) is 0 Å². The number of alkyl halides is 1. The van der Waals surface area contributed by atoms with Crippen molar-refractivity contribution in [1.29, 1.82) is 0 Å². The second-order valence-electron chi connectivity index (χ2n) is 3.35. The maximum absolute atomic E-state index is 13.6. The van der Waals surface area contributed by atoms with Crippen molar-refractivity contribution in [3.8, 4) is 0 Å². The van der Waals surface area contributed by atoms with Crippen LogP contribution in [-0.4, -0.2) is 18.7 Å². The molecule has 6 heteroatoms. The normalized spacial score (nSPS) is 14.2. The number of hydrogen-bond acceptors (Lipinski definition) is 3. The number of nitrogens with two attached hydrogens (primary N) is 1. The Bertz CT molecular complexity index is 414. The van der Waals surface area contributed by atoms with Gasteiger partial charge in [-0.1, -0.05) is 22.0 Å². The van der Waals surface area contributed by atoms with Crippen molar-refractivity contribution in [2.75, 3.05) is 6.61 Å². The molecule has 1 aromatic carbocycles. The van der Waals surface area contributed by atoms with E-state index in [-0.39, 0.29) is 6.61 Å². The SMILES string of the molecule is CCOC(=O)C(F)[C@H](N)c1ccc(F)cc1Br. The Morgan fingerprint density at radius 1 is 1.59 bits per heavy atom. The molecule has 1 rings (SSSR count). The molecule has 0 saturated heterocycles. The zero-order valence-electron chi connectivity index (χ0n) is 9.12. The van der Waals surface area contributed by atoms with E-state index in [0.29, 0.717) is 10.0 Å². The Hall–Kier alpha value is -1.01. The van der Waals surface area contributed by atoms with Crippen LogP contribution in [0.25, 0.3) is 0 Å². The van der Waals surface area contributed by atoms with Gasteiger partial charge < -0.3 is 10.5 Å². The third-order valence-corrected chi connectivity index (χ3v) is 2.84. The summed E-state index contributed by atoms with van der Waals surface area (Å²) in [6.07, 6.45) is -1.98. The van der Waals surface area contributed by atoms with Gasteiger partial charge in [0, 0.05) is 4.47 Å². The molecule has 0 heterocycles. The zero-order valence-corrected chi connectivity index (χ0v) is 10.7. The second-order valence-corrected chi connectivity index (χ2v) is 4.20. The van der Waals surface area contributed by atoms with Crippen LogP contribution in [0.3, 0.4) is 0 Å². The highest BCUT2D eigenvalue weighted by molar-refractivity contribution is 9.10. The molecule has 2 N–H and O–H groups in total. The summed E-state index contributed by atoms with van der Waals surface area (Å²) in [5, 5.41) is 0. The lowest BCUT2D eigenvalue weighted by molar-refractivity contribution is -0.149. The molecule has 0 spiro atoms. The quantitative estimate of drug-likeness (QED) is 0.870. The molecule has 0 aliphatic heterocycles. The Morgan fingerprint density at radius 2 is 2.24 bits per heavy atom. The van der Waals surface area contributed by atoms with Crippen molar-refractivity contribution in [2.45, 2.75) is 19.1 Å². The largest absolute Gasteiger partial charge is 0.464 e. The van der Waals surface area contributed by atoms with Crippen molar-refractivity contribution >= 4 is 21.9 Å². The van der Waals surface area contributed by atoms with Gasteiger partial charge in [-0.05, 0) is 24.6 Å². The van der Waals surface area contributed by atoms with Crippen molar-refractivity contribution in [1.82, 2.24) is 0 Å². The van der Waals surface area contributed by atoms with Crippen molar-refractivity contribution < 1.29 is 18.3 Å². The van der Waals surface area contributed by atoms with Gasteiger partial charge >= 0.3 is 5.97 Å². The van der Waals surface area contributed by atoms with E-state index in [1.807, 2.05) is 0 Å². The van der Waals surface area contributed by atoms with Crippen LogP contribution in [-0.2, 0) is 9.53 Å². The van der Waals surface area contributed by atoms with E-state index in [4.69, 9.17) is 5.73 Å². The van der Waals surface area contributed by atoms with Gasteiger partial charge in [0.1, 0.15) is 5.82 Å². The van der Waals surface area contributed by atoms with Gasteiger partial charge in [0.15, 0.2) is 0 Å². The molecule has 2 atom stereocenters. The van der Waals surface area contributed by atoms with E-state index in [0.717, 1.165) is 12.1 Å². The summed E-state index contributed by atoms with van der Waals surface area (Å²) >= 11 is 3.07. The highest BCUT2D eigenvalue weighted by Gasteiger charge is 2.29. The number of halogens is 3. The first kappa shape index (κ1) is 14.1. The molecule has 0 bridgehead atoms. The van der Waals surface area contributed by atoms with Crippen molar-refractivity contribution in [3.05, 3.63) is 34.1 Å². The summed E-state index contributed by atoms with van der Waals surface area (Å²) < 4.78 is 31.3. The molecule has 0 amide bonds. The zero-order chi connectivity index (χ0) is 13.0. The summed E-state index contributed by atoms with van der Waals surface area (Å²) in [6, 6.07) is 2.45. The van der Waals surface area contributed by atoms with Crippen LogP contribution in [0, 0.1) is 5.82 Å². The van der Waals surface area contributed by atoms with E-state index in [2.05, 4.69) is 20.7 Å². The van der Waals surface area contributed by atoms with E-state index in [1.165, 1.54) is 6.07 Å². The van der Waals surface area contributed by atoms with Crippen LogP contribution in [0.4, 0.5) is 8.78 Å². The predicted octanol–water partition coefficient (Wildman–Crippen LogP) is 2.49. The summed E-state index contributed by atoms with van der Waals surface area (Å²) in [6.45, 7) is 1.65. The lowest BCUT2D eigenvalue weighted by atomic mass is 10.0. The summed E-state index contributed by atoms with van der Waals surface area (Å²) in [5.74, 6) is -1.49. The van der Waals surface area contributed by atoms with Gasteiger partial charge in [0.2, 0.25) is 6.17 Å². The van der Waals surface area contributed by atoms with Crippen LogP contribution >= 0.6 is 15.9 Å². The van der Waals surface area contributed by atoms with Crippen LogP contribution < -0.4 is 5.73 Å². The average molecular weight is 308 g/mol. The molecule has 0 fully saturated rings. The summed E-state index contributed by atoms with van der Waals surface area (Å²) in [4.78, 5) is 11.2. The molecule has 94 valence electrons. The molecule has 0 saturated carbocycles. The van der Waals surface area contributed by atoms with Gasteiger partial charge in [-0.2, -0.15) is 0 Å². The predicted molar refractivity (Wildman–Crippen MR) is 62.6 cm³/mol. The van der Waals surface area contributed by atoms with E-state index >= 15 is 0 Å². The van der Waals surface area contributed by atoms with Crippen molar-refractivity contribution in [2.24, 2.45) is 5.73 Å². The molecule has 0 aromatic heterocycles. The number of rotatable bonds is 4. The third kappa shape index (κ3) is 3.47. The molecule has 0 radical (unpaired) electrons. The van der Waals surface area contributed by atoms with Crippen LogP contribution in [0.1, 0.15) is 18.5 Å². The minimum absolute atomic E-state index is 0.0799. The summed E-state index contributed by atoms with van der Waals surface area (Å²) in [7, 11) is 0. The first-order valence-electron chi connectivity index (χ1n) is 4.98. The number of ether oxygens (including phenoxy) is 1. The van der Waals surface area contributed by atoms with Gasteiger partial charge in [-0.15, -0.1) is 0 Å². The molecule has 0 aliphatic rings. The number of esters is 1. The highest BCUT2D eigenvalue weighted by atomic mass is 79.9. The standard InChI is InChI=1S/C11H12BrF2NO2/c1-2-17-11(16)9(14)10(15)7-4-3-6(13)5-8(7)12/h3-5,9-10H,2,15H2,1H3/t9?,10-/m1/s1. The first-order chi connectivity index (χ1) is 7.97. The van der Waals surface area contributed by atoms with Crippen molar-refractivity contribution in [3.63, 3.8) is 0 Å². The number of carbonyl (C=O) groups is 1. The summed E-state index contributed by atoms with van der Waals surface area (Å²) in [5.41, 5.74) is 5.90. The Balaban J connectivity index is 2.88. The number of benzene rings is 1. The Kier molecular flexibility index (Phi) is 5.02. The first-order valence-corrected chi connectivity index (χ1v) is 5.78. The second kappa shape index (κ2) is 6.07. The molecule has 17 heavy (non-hydrogen) atoms. The fraction of sp³-hybridized carbons (Fsp3) is 0.364. The maximum Gasteiger partial charge on any atom is 0.342 e. The van der Waals surface area contributed by atoms with Gasteiger partial charge in [-0.25, -0.2) is 13.6 Å². The fourth-order valence-electron chi connectivity index (χ4n) is 1.30. The van der Waals surface area contributed by atoms with E-state index in [9.17, 15) is 13.6 Å². The molecular formula is C11H12BrF2NO2. The smallest absolute Gasteiger partial charge is 0.342 e. The van der Waals surface area contributed by atoms with Gasteiger partial charge in [-0.3, -0.25) is 0 Å². The fourth-order valence-corrected chi connectivity index (χ4v) is 1.91. The molecule has 0 aliphatic carbocycles. The van der Waals surface area contributed by atoms with Gasteiger partial charge in [0.25, 0.3) is 0 Å². The minimum atomic E-state index is -1.98. The molecule has 3 nitrogen and oxygen atoms in total. The highest BCUT2D eigenvalue weighted by Crippen LogP contribution is 2.26.